The number of carbonyl (C=O) groups is 2. The normalized spacial score (nSPS) is 25.4. The highest BCUT2D eigenvalue weighted by Crippen LogP contribution is 2.42. The van der Waals surface area contributed by atoms with E-state index in [1.165, 1.54) is 12.1 Å². The minimum Gasteiger partial charge on any atom is -0.493 e. The molecule has 1 aromatic rings. The largest absolute Gasteiger partial charge is 0.493 e. The molecule has 2 rings (SSSR count). The van der Waals surface area contributed by atoms with Crippen molar-refractivity contribution in [3.05, 3.63) is 29.3 Å². The maximum atomic E-state index is 13.2. The molecular weight excluding hydrogens is 320 g/mol. The fourth-order valence-corrected chi connectivity index (χ4v) is 2.72. The fourth-order valence-electron chi connectivity index (χ4n) is 2.72. The zero-order valence-electron chi connectivity index (χ0n) is 21.0. The molecule has 0 N–H and O–H groups in total. The number of ether oxygens (including phenoxy) is 3. The second-order valence-corrected chi connectivity index (χ2v) is 7.08. The third kappa shape index (κ3) is 4.14. The van der Waals surface area contributed by atoms with Gasteiger partial charge in [-0.2, -0.15) is 0 Å². The molecule has 0 fully saturated rings. The first-order chi connectivity index (χ1) is 14.0. The van der Waals surface area contributed by atoms with Gasteiger partial charge >= 0.3 is 11.9 Å². The molecule has 0 aliphatic carbocycles. The quantitative estimate of drug-likeness (QED) is 0.775. The Kier molecular flexibility index (Phi) is 3.48. The Bertz CT molecular complexity index is 840. The Morgan fingerprint density at radius 2 is 2.16 bits per heavy atom. The van der Waals surface area contributed by atoms with Crippen LogP contribution in [0.4, 0.5) is 0 Å². The van der Waals surface area contributed by atoms with Crippen LogP contribution in [0.3, 0.4) is 0 Å². The average Bonchev–Trinajstić information content (AvgIpc) is 2.61. The fraction of sp³-hybridized carbons (Fsp3) is 0.600. The standard InChI is InChI=1S/C20H28O5/c1-13(17(21)23-6)12-14-8-7-9-15-16(14)24-11-10-20(15,5)18(22)25-19(2,3)4/h7-9,13H,10-12H2,1-6H3/t13-,20?/m0/s1/i1D3,5D3. The second kappa shape index (κ2) is 7.06. The highest BCUT2D eigenvalue weighted by molar-refractivity contribution is 5.85. The highest BCUT2D eigenvalue weighted by atomic mass is 16.6. The van der Waals surface area contributed by atoms with Crippen molar-refractivity contribution < 1.29 is 32.0 Å². The molecule has 1 heterocycles. The van der Waals surface area contributed by atoms with Gasteiger partial charge in [0.1, 0.15) is 11.4 Å². The Balaban J connectivity index is 2.64. The molecule has 0 saturated heterocycles. The van der Waals surface area contributed by atoms with E-state index in [2.05, 4.69) is 4.74 Å². The first-order valence-electron chi connectivity index (χ1n) is 11.1. The van der Waals surface area contributed by atoms with Gasteiger partial charge in [-0.15, -0.1) is 0 Å². The molecule has 0 spiro atoms. The lowest BCUT2D eigenvalue weighted by Crippen LogP contribution is -2.42. The molecule has 25 heavy (non-hydrogen) atoms. The SMILES string of the molecule is [2H]C([2H])([2H])[C@@H](Cc1cccc2c1OCCC2(C(=O)OC(C)(C)C)C([2H])([2H])[2H])C(=O)OC. The molecule has 2 atom stereocenters. The maximum absolute atomic E-state index is 13.2. The number of hydrogen-bond donors (Lipinski definition) is 0. The summed E-state index contributed by atoms with van der Waals surface area (Å²) in [5.74, 6) is -3.20. The van der Waals surface area contributed by atoms with E-state index >= 15 is 0 Å². The lowest BCUT2D eigenvalue weighted by molar-refractivity contribution is -0.162. The summed E-state index contributed by atoms with van der Waals surface area (Å²) >= 11 is 0. The number of benzene rings is 1. The van der Waals surface area contributed by atoms with E-state index in [1.807, 2.05) is 0 Å². The molecule has 0 saturated carbocycles. The molecular formula is C20H28O5. The van der Waals surface area contributed by atoms with Gasteiger partial charge in [-0.05, 0) is 39.6 Å². The van der Waals surface area contributed by atoms with E-state index in [4.69, 9.17) is 17.7 Å². The lowest BCUT2D eigenvalue weighted by atomic mass is 9.76. The molecule has 1 aromatic carbocycles. The van der Waals surface area contributed by atoms with Crippen LogP contribution in [0.25, 0.3) is 0 Å². The van der Waals surface area contributed by atoms with Crippen LogP contribution in [-0.4, -0.2) is 31.3 Å². The van der Waals surface area contributed by atoms with Gasteiger partial charge in [-0.25, -0.2) is 0 Å². The van der Waals surface area contributed by atoms with Crippen LogP contribution < -0.4 is 4.74 Å². The Morgan fingerprint density at radius 1 is 1.40 bits per heavy atom. The first-order valence-corrected chi connectivity index (χ1v) is 8.11. The number of rotatable bonds is 4. The van der Waals surface area contributed by atoms with E-state index in [0.717, 1.165) is 7.11 Å². The van der Waals surface area contributed by atoms with E-state index in [9.17, 15) is 9.59 Å². The zero-order valence-corrected chi connectivity index (χ0v) is 15.0. The Hall–Kier alpha value is -2.04. The van der Waals surface area contributed by atoms with Crippen LogP contribution in [-0.2, 0) is 30.9 Å². The van der Waals surface area contributed by atoms with E-state index < -0.39 is 42.6 Å². The molecule has 1 unspecified atom stereocenters. The Morgan fingerprint density at radius 3 is 2.76 bits per heavy atom. The summed E-state index contributed by atoms with van der Waals surface area (Å²) < 4.78 is 63.4. The summed E-state index contributed by atoms with van der Waals surface area (Å²) in [6.45, 7) is -0.544. The number of esters is 2. The molecule has 0 bridgehead atoms. The van der Waals surface area contributed by atoms with Crippen molar-refractivity contribution in [1.29, 1.82) is 0 Å². The topological polar surface area (TPSA) is 61.8 Å². The predicted octanol–water partition coefficient (Wildman–Crippen LogP) is 3.42. The van der Waals surface area contributed by atoms with Crippen molar-refractivity contribution in [2.75, 3.05) is 13.7 Å². The zero-order chi connectivity index (χ0) is 23.8. The minimum absolute atomic E-state index is 0.0850. The lowest BCUT2D eigenvalue weighted by Gasteiger charge is -2.36. The summed E-state index contributed by atoms with van der Waals surface area (Å²) in [5.41, 5.74) is -2.49. The van der Waals surface area contributed by atoms with Crippen LogP contribution in [0.5, 0.6) is 5.75 Å². The predicted molar refractivity (Wildman–Crippen MR) is 94.6 cm³/mol. The maximum Gasteiger partial charge on any atom is 0.317 e. The third-order valence-electron chi connectivity index (χ3n) is 3.94. The minimum atomic E-state index is -2.75. The van der Waals surface area contributed by atoms with E-state index in [1.54, 1.807) is 26.8 Å². The highest BCUT2D eigenvalue weighted by Gasteiger charge is 2.43. The van der Waals surface area contributed by atoms with Crippen molar-refractivity contribution in [2.24, 2.45) is 5.92 Å². The second-order valence-electron chi connectivity index (χ2n) is 7.08. The van der Waals surface area contributed by atoms with Gasteiger partial charge in [0.25, 0.3) is 0 Å². The summed E-state index contributed by atoms with van der Waals surface area (Å²) in [5, 5.41) is 0. The summed E-state index contributed by atoms with van der Waals surface area (Å²) in [6.07, 6.45) is -0.397. The molecule has 1 aliphatic heterocycles. The van der Waals surface area contributed by atoms with E-state index in [0.29, 0.717) is 5.56 Å². The monoisotopic (exact) mass is 354 g/mol. The first kappa shape index (κ1) is 12.3. The summed E-state index contributed by atoms with van der Waals surface area (Å²) in [4.78, 5) is 25.3. The van der Waals surface area contributed by atoms with Crippen molar-refractivity contribution in [3.63, 3.8) is 0 Å². The Labute approximate surface area is 158 Å². The number of methoxy groups -OCH3 is 1. The number of hydrogen-bond acceptors (Lipinski definition) is 5. The average molecular weight is 354 g/mol. The molecule has 0 aromatic heterocycles. The van der Waals surface area contributed by atoms with Crippen molar-refractivity contribution >= 4 is 11.9 Å². The summed E-state index contributed by atoms with van der Waals surface area (Å²) in [6, 6.07) is 4.53. The number of carbonyl (C=O) groups excluding carboxylic acids is 2. The molecule has 0 amide bonds. The van der Waals surface area contributed by atoms with Gasteiger partial charge in [-0.3, -0.25) is 9.59 Å². The van der Waals surface area contributed by atoms with Crippen molar-refractivity contribution in [1.82, 2.24) is 0 Å². The van der Waals surface area contributed by atoms with Gasteiger partial charge in [0.05, 0.1) is 25.0 Å². The smallest absolute Gasteiger partial charge is 0.317 e. The molecule has 1 aliphatic rings. The molecule has 0 radical (unpaired) electrons. The van der Waals surface area contributed by atoms with Gasteiger partial charge in [0.15, 0.2) is 0 Å². The van der Waals surface area contributed by atoms with Crippen LogP contribution in [0, 0.1) is 5.92 Å². The van der Waals surface area contributed by atoms with Crippen molar-refractivity contribution in [3.8, 4) is 5.75 Å². The number of fused-ring (bicyclic) bond motifs is 1. The van der Waals surface area contributed by atoms with Crippen LogP contribution in [0.1, 0.15) is 60.2 Å². The molecule has 5 heteroatoms. The molecule has 138 valence electrons. The van der Waals surface area contributed by atoms with Crippen LogP contribution in [0.15, 0.2) is 18.2 Å². The van der Waals surface area contributed by atoms with Crippen LogP contribution in [0.2, 0.25) is 0 Å². The van der Waals surface area contributed by atoms with Crippen LogP contribution >= 0.6 is 0 Å². The molecule has 5 nitrogen and oxygen atoms in total. The third-order valence-corrected chi connectivity index (χ3v) is 3.94. The van der Waals surface area contributed by atoms with Gasteiger partial charge < -0.3 is 14.2 Å². The number of para-hydroxylation sites is 1. The van der Waals surface area contributed by atoms with Gasteiger partial charge in [0.2, 0.25) is 0 Å². The summed E-state index contributed by atoms with van der Waals surface area (Å²) in [7, 11) is 1.10. The van der Waals surface area contributed by atoms with Gasteiger partial charge in [0, 0.05) is 20.2 Å². The van der Waals surface area contributed by atoms with Gasteiger partial charge in [-0.1, -0.05) is 25.1 Å². The van der Waals surface area contributed by atoms with Crippen molar-refractivity contribution in [2.45, 2.75) is 58.3 Å². The van der Waals surface area contributed by atoms with E-state index in [-0.39, 0.29) is 30.8 Å².